The molecule has 1 aliphatic rings. The van der Waals surface area contributed by atoms with Gasteiger partial charge in [-0.25, -0.2) is 9.97 Å². The Hall–Kier alpha value is -1.74. The predicted molar refractivity (Wildman–Crippen MR) is 69.4 cm³/mol. The van der Waals surface area contributed by atoms with Gasteiger partial charge in [0.05, 0.1) is 6.10 Å². The first-order valence-corrected chi connectivity index (χ1v) is 6.26. The van der Waals surface area contributed by atoms with Crippen molar-refractivity contribution < 1.29 is 5.11 Å². The molecule has 92 valence electrons. The van der Waals surface area contributed by atoms with Crippen molar-refractivity contribution in [2.45, 2.75) is 32.3 Å². The van der Waals surface area contributed by atoms with E-state index in [2.05, 4.69) is 34.2 Å². The Morgan fingerprint density at radius 2 is 2.11 bits per heavy atom. The van der Waals surface area contributed by atoms with E-state index in [1.54, 1.807) is 13.1 Å². The first-order valence-electron chi connectivity index (χ1n) is 6.26. The first kappa shape index (κ1) is 11.4. The number of benzene rings is 1. The summed E-state index contributed by atoms with van der Waals surface area (Å²) in [4.78, 5) is 8.95. The van der Waals surface area contributed by atoms with E-state index in [4.69, 9.17) is 0 Å². The highest BCUT2D eigenvalue weighted by Gasteiger charge is 2.29. The molecule has 1 aromatic heterocycles. The van der Waals surface area contributed by atoms with Crippen molar-refractivity contribution in [3.8, 4) is 0 Å². The summed E-state index contributed by atoms with van der Waals surface area (Å²) < 4.78 is 0. The molecular formula is C15H16N2O. The molecule has 18 heavy (non-hydrogen) atoms. The second kappa shape index (κ2) is 4.18. The Kier molecular flexibility index (Phi) is 2.63. The molecule has 0 saturated carbocycles. The number of nitrogens with zero attached hydrogens (tertiary/aromatic N) is 2. The van der Waals surface area contributed by atoms with E-state index >= 15 is 0 Å². The molecule has 3 nitrogen and oxygen atoms in total. The maximum Gasteiger partial charge on any atom is 0.136 e. The minimum Gasteiger partial charge on any atom is -0.389 e. The highest BCUT2D eigenvalue weighted by molar-refractivity contribution is 5.44. The van der Waals surface area contributed by atoms with E-state index in [0.717, 1.165) is 23.5 Å². The summed E-state index contributed by atoms with van der Waals surface area (Å²) >= 11 is 0. The molecule has 1 heterocycles. The van der Waals surface area contributed by atoms with Crippen LogP contribution in [0.2, 0.25) is 0 Å². The zero-order valence-corrected chi connectivity index (χ0v) is 10.6. The summed E-state index contributed by atoms with van der Waals surface area (Å²) in [5, 5.41) is 9.58. The Balaban J connectivity index is 1.94. The van der Waals surface area contributed by atoms with Crippen LogP contribution in [0, 0.1) is 6.92 Å². The Morgan fingerprint density at radius 1 is 1.33 bits per heavy atom. The number of aromatic nitrogens is 2. The minimum absolute atomic E-state index is 0.322. The summed E-state index contributed by atoms with van der Waals surface area (Å²) in [5.41, 5.74) is 4.41. The Labute approximate surface area is 107 Å². The summed E-state index contributed by atoms with van der Waals surface area (Å²) in [6, 6.07) is 8.42. The number of aryl methyl sites for hydroxylation is 1. The van der Waals surface area contributed by atoms with Gasteiger partial charge in [-0.05, 0) is 31.4 Å². The van der Waals surface area contributed by atoms with Crippen molar-refractivity contribution in [3.05, 3.63) is 58.7 Å². The largest absolute Gasteiger partial charge is 0.389 e. The average Bonchev–Trinajstić information content (AvgIpc) is 2.30. The van der Waals surface area contributed by atoms with Crippen LogP contribution < -0.4 is 0 Å². The van der Waals surface area contributed by atoms with Crippen molar-refractivity contribution in [2.75, 3.05) is 0 Å². The van der Waals surface area contributed by atoms with Gasteiger partial charge in [0.25, 0.3) is 0 Å². The van der Waals surface area contributed by atoms with E-state index in [1.807, 2.05) is 6.92 Å². The van der Waals surface area contributed by atoms with Gasteiger partial charge in [0.2, 0.25) is 0 Å². The van der Waals surface area contributed by atoms with E-state index < -0.39 is 6.10 Å². The maximum atomic E-state index is 9.58. The summed E-state index contributed by atoms with van der Waals surface area (Å²) in [6.45, 7) is 3.67. The lowest BCUT2D eigenvalue weighted by Gasteiger charge is -2.29. The fourth-order valence-corrected chi connectivity index (χ4v) is 2.56. The molecule has 1 unspecified atom stereocenters. The van der Waals surface area contributed by atoms with E-state index in [0.29, 0.717) is 5.92 Å². The van der Waals surface area contributed by atoms with Gasteiger partial charge in [-0.3, -0.25) is 0 Å². The molecule has 0 bridgehead atoms. The van der Waals surface area contributed by atoms with Gasteiger partial charge in [-0.15, -0.1) is 0 Å². The van der Waals surface area contributed by atoms with Crippen LogP contribution in [0.1, 0.15) is 47.2 Å². The van der Waals surface area contributed by atoms with E-state index in [-0.39, 0.29) is 0 Å². The normalized spacial score (nSPS) is 18.9. The zero-order valence-electron chi connectivity index (χ0n) is 10.6. The van der Waals surface area contributed by atoms with Crippen LogP contribution in [0.4, 0.5) is 0 Å². The van der Waals surface area contributed by atoms with Crippen LogP contribution in [0.25, 0.3) is 0 Å². The molecule has 0 amide bonds. The number of hydrogen-bond acceptors (Lipinski definition) is 3. The van der Waals surface area contributed by atoms with E-state index in [9.17, 15) is 5.11 Å². The number of rotatable bonds is 2. The smallest absolute Gasteiger partial charge is 0.136 e. The van der Waals surface area contributed by atoms with Crippen molar-refractivity contribution >= 4 is 0 Å². The van der Waals surface area contributed by atoms with Crippen molar-refractivity contribution in [2.24, 2.45) is 0 Å². The van der Waals surface area contributed by atoms with Crippen molar-refractivity contribution in [1.29, 1.82) is 0 Å². The molecular weight excluding hydrogens is 224 g/mol. The molecule has 1 N–H and O–H groups in total. The Morgan fingerprint density at radius 3 is 2.78 bits per heavy atom. The first-order chi connectivity index (χ1) is 8.66. The number of aliphatic hydroxyl groups is 1. The van der Waals surface area contributed by atoms with Crippen LogP contribution in [0.3, 0.4) is 0 Å². The third-order valence-corrected chi connectivity index (χ3v) is 3.65. The van der Waals surface area contributed by atoms with Gasteiger partial charge in [-0.1, -0.05) is 24.3 Å². The lowest BCUT2D eigenvalue weighted by molar-refractivity contribution is 0.197. The monoisotopic (exact) mass is 240 g/mol. The molecule has 3 heteroatoms. The fraction of sp³-hybridized carbons (Fsp3) is 0.333. The summed E-state index contributed by atoms with van der Waals surface area (Å²) in [6.07, 6.45) is 2.26. The lowest BCUT2D eigenvalue weighted by Crippen LogP contribution is -2.21. The summed E-state index contributed by atoms with van der Waals surface area (Å²) in [5.74, 6) is 1.19. The fourth-order valence-electron chi connectivity index (χ4n) is 2.56. The molecule has 0 saturated heterocycles. The Bertz CT molecular complexity index is 593. The highest BCUT2D eigenvalue weighted by Crippen LogP contribution is 2.38. The topological polar surface area (TPSA) is 46.0 Å². The van der Waals surface area contributed by atoms with Gasteiger partial charge >= 0.3 is 0 Å². The van der Waals surface area contributed by atoms with Gasteiger partial charge in [0, 0.05) is 23.4 Å². The van der Waals surface area contributed by atoms with Crippen LogP contribution in [-0.2, 0) is 6.42 Å². The van der Waals surface area contributed by atoms with Crippen LogP contribution in [-0.4, -0.2) is 15.1 Å². The minimum atomic E-state index is -0.507. The van der Waals surface area contributed by atoms with Crippen molar-refractivity contribution in [3.63, 3.8) is 0 Å². The SMILES string of the molecule is Cc1nc(C2Cc3ccccc32)ncc1[C@@H](C)O. The molecule has 2 atom stereocenters. The zero-order chi connectivity index (χ0) is 12.7. The maximum absolute atomic E-state index is 9.58. The molecule has 0 fully saturated rings. The molecule has 0 radical (unpaired) electrons. The number of fused-ring (bicyclic) bond motifs is 1. The average molecular weight is 240 g/mol. The van der Waals surface area contributed by atoms with Gasteiger partial charge in [0.1, 0.15) is 5.82 Å². The standard InChI is InChI=1S/C15H16N2O/c1-9-14(10(2)18)8-16-15(17-9)13-7-11-5-3-4-6-12(11)13/h3-6,8,10,13,18H,7H2,1-2H3/t10-,13?/m1/s1. The number of aliphatic hydroxyl groups excluding tert-OH is 1. The second-order valence-electron chi connectivity index (χ2n) is 4.90. The molecule has 1 aliphatic carbocycles. The van der Waals surface area contributed by atoms with Gasteiger partial charge in [0.15, 0.2) is 0 Å². The van der Waals surface area contributed by atoms with Crippen LogP contribution in [0.5, 0.6) is 0 Å². The molecule has 0 aliphatic heterocycles. The molecule has 1 aromatic carbocycles. The third kappa shape index (κ3) is 1.71. The van der Waals surface area contributed by atoms with Gasteiger partial charge < -0.3 is 5.11 Å². The van der Waals surface area contributed by atoms with E-state index in [1.165, 1.54) is 11.1 Å². The molecule has 2 aromatic rings. The van der Waals surface area contributed by atoms with Crippen molar-refractivity contribution in [1.82, 2.24) is 9.97 Å². The predicted octanol–water partition coefficient (Wildman–Crippen LogP) is 2.53. The second-order valence-corrected chi connectivity index (χ2v) is 4.90. The number of hydrogen-bond donors (Lipinski definition) is 1. The molecule has 0 spiro atoms. The molecule has 3 rings (SSSR count). The quantitative estimate of drug-likeness (QED) is 0.877. The highest BCUT2D eigenvalue weighted by atomic mass is 16.3. The third-order valence-electron chi connectivity index (χ3n) is 3.65. The van der Waals surface area contributed by atoms with Crippen LogP contribution >= 0.6 is 0 Å². The van der Waals surface area contributed by atoms with Gasteiger partial charge in [-0.2, -0.15) is 0 Å². The summed E-state index contributed by atoms with van der Waals surface area (Å²) in [7, 11) is 0. The van der Waals surface area contributed by atoms with Crippen LogP contribution in [0.15, 0.2) is 30.5 Å². The lowest BCUT2D eigenvalue weighted by atomic mass is 9.77.